The minimum Gasteiger partial charge on any atom is -0.357 e. The van der Waals surface area contributed by atoms with Gasteiger partial charge in [-0.25, -0.2) is 0 Å². The Hall–Kier alpha value is -0.820. The maximum Gasteiger partial charge on any atom is 0.193 e. The number of rotatable bonds is 9. The number of aryl methyl sites for hydroxylation is 1. The zero-order valence-electron chi connectivity index (χ0n) is 16.9. The van der Waals surface area contributed by atoms with Crippen molar-refractivity contribution in [1.82, 2.24) is 15.1 Å². The summed E-state index contributed by atoms with van der Waals surface area (Å²) in [7, 11) is 4.30. The van der Waals surface area contributed by atoms with Gasteiger partial charge in [-0.2, -0.15) is 0 Å². The summed E-state index contributed by atoms with van der Waals surface area (Å²) < 4.78 is 0. The summed E-state index contributed by atoms with van der Waals surface area (Å²) >= 11 is 0. The van der Waals surface area contributed by atoms with Gasteiger partial charge in [-0.15, -0.1) is 24.0 Å². The second kappa shape index (κ2) is 13.4. The summed E-state index contributed by atoms with van der Waals surface area (Å²) in [6.07, 6.45) is 2.32. The van der Waals surface area contributed by atoms with Crippen molar-refractivity contribution in [3.8, 4) is 0 Å². The van der Waals surface area contributed by atoms with Crippen LogP contribution in [0.2, 0.25) is 0 Å². The third kappa shape index (κ3) is 9.45. The van der Waals surface area contributed by atoms with Crippen molar-refractivity contribution < 1.29 is 0 Å². The van der Waals surface area contributed by atoms with E-state index in [0.29, 0.717) is 6.04 Å². The summed E-state index contributed by atoms with van der Waals surface area (Å²) in [5, 5.41) is 3.41. The molecule has 1 N–H and O–H groups in total. The van der Waals surface area contributed by atoms with Crippen LogP contribution in [0.25, 0.3) is 0 Å². The van der Waals surface area contributed by atoms with Gasteiger partial charge in [-0.05, 0) is 65.3 Å². The lowest BCUT2D eigenvalue weighted by Crippen LogP contribution is -2.38. The van der Waals surface area contributed by atoms with E-state index in [9.17, 15) is 0 Å². The topological polar surface area (TPSA) is 30.9 Å². The molecule has 0 atom stereocenters. The Labute approximate surface area is 172 Å². The van der Waals surface area contributed by atoms with Crippen molar-refractivity contribution in [3.05, 3.63) is 35.4 Å². The van der Waals surface area contributed by atoms with Gasteiger partial charge in [0, 0.05) is 32.7 Å². The fourth-order valence-electron chi connectivity index (χ4n) is 2.50. The van der Waals surface area contributed by atoms with Crippen LogP contribution < -0.4 is 5.32 Å². The highest BCUT2D eigenvalue weighted by Crippen LogP contribution is 2.09. The van der Waals surface area contributed by atoms with Crippen molar-refractivity contribution in [2.45, 2.75) is 53.1 Å². The molecule has 1 aromatic carbocycles. The Morgan fingerprint density at radius 2 is 1.84 bits per heavy atom. The van der Waals surface area contributed by atoms with Gasteiger partial charge in [-0.3, -0.25) is 4.99 Å². The Kier molecular flexibility index (Phi) is 13.0. The first-order chi connectivity index (χ1) is 11.5. The van der Waals surface area contributed by atoms with Crippen LogP contribution in [0.1, 0.15) is 44.7 Å². The minimum atomic E-state index is 0. The van der Waals surface area contributed by atoms with Gasteiger partial charge in [0.05, 0.1) is 0 Å². The zero-order valence-corrected chi connectivity index (χ0v) is 19.2. The number of unbranched alkanes of at least 4 members (excludes halogenated alkanes) is 1. The van der Waals surface area contributed by atoms with Crippen LogP contribution >= 0.6 is 24.0 Å². The van der Waals surface area contributed by atoms with Gasteiger partial charge in [-0.1, -0.05) is 24.3 Å². The van der Waals surface area contributed by atoms with E-state index in [4.69, 9.17) is 4.99 Å². The minimum absolute atomic E-state index is 0. The normalized spacial score (nSPS) is 11.6. The van der Waals surface area contributed by atoms with E-state index in [0.717, 1.165) is 38.6 Å². The average Bonchev–Trinajstić information content (AvgIpc) is 2.55. The molecule has 25 heavy (non-hydrogen) atoms. The molecule has 0 aliphatic rings. The number of hydrogen-bond donors (Lipinski definition) is 1. The van der Waals surface area contributed by atoms with Crippen LogP contribution in [0.5, 0.6) is 0 Å². The second-order valence-corrected chi connectivity index (χ2v) is 6.80. The Morgan fingerprint density at radius 1 is 1.16 bits per heavy atom. The van der Waals surface area contributed by atoms with E-state index in [1.165, 1.54) is 17.5 Å². The Bertz CT molecular complexity index is 502. The number of halogens is 1. The smallest absolute Gasteiger partial charge is 0.193 e. The van der Waals surface area contributed by atoms with Gasteiger partial charge < -0.3 is 15.1 Å². The summed E-state index contributed by atoms with van der Waals surface area (Å²) in [5.41, 5.74) is 2.68. The molecule has 0 aliphatic carbocycles. The molecule has 0 bridgehead atoms. The molecule has 4 nitrogen and oxygen atoms in total. The summed E-state index contributed by atoms with van der Waals surface area (Å²) in [6, 6.07) is 9.17. The average molecular weight is 460 g/mol. The number of aliphatic imine (C=N–C) groups is 1. The predicted molar refractivity (Wildman–Crippen MR) is 121 cm³/mol. The monoisotopic (exact) mass is 460 g/mol. The lowest BCUT2D eigenvalue weighted by Gasteiger charge is -2.23. The maximum absolute atomic E-state index is 4.79. The maximum atomic E-state index is 4.79. The molecule has 0 radical (unpaired) electrons. The van der Waals surface area contributed by atoms with Crippen LogP contribution in [0.3, 0.4) is 0 Å². The van der Waals surface area contributed by atoms with Crippen LogP contribution in [-0.4, -0.2) is 55.5 Å². The fourth-order valence-corrected chi connectivity index (χ4v) is 2.50. The van der Waals surface area contributed by atoms with E-state index in [-0.39, 0.29) is 24.0 Å². The van der Waals surface area contributed by atoms with Gasteiger partial charge in [0.1, 0.15) is 0 Å². The first-order valence-corrected chi connectivity index (χ1v) is 9.19. The molecule has 0 unspecified atom stereocenters. The second-order valence-electron chi connectivity index (χ2n) is 6.80. The molecule has 144 valence electrons. The quantitative estimate of drug-likeness (QED) is 0.260. The van der Waals surface area contributed by atoms with Gasteiger partial charge >= 0.3 is 0 Å². The number of benzene rings is 1. The van der Waals surface area contributed by atoms with Crippen molar-refractivity contribution in [2.75, 3.05) is 33.7 Å². The molecule has 0 saturated carbocycles. The lowest BCUT2D eigenvalue weighted by molar-refractivity contribution is 0.269. The third-order valence-corrected chi connectivity index (χ3v) is 4.43. The standard InChI is InChI=1S/C20H36N4.HI/c1-7-21-20(22-14-10-11-15-23(5)17(2)3)24(6)16-19-13-9-8-12-18(19)4;/h8-9,12-13,17H,7,10-11,14-16H2,1-6H3,(H,21,22);1H. The zero-order chi connectivity index (χ0) is 17.9. The van der Waals surface area contributed by atoms with Crippen LogP contribution in [-0.2, 0) is 6.54 Å². The molecule has 1 rings (SSSR count). The lowest BCUT2D eigenvalue weighted by atomic mass is 10.1. The van der Waals surface area contributed by atoms with E-state index in [2.05, 4.69) is 81.2 Å². The molecule has 0 saturated heterocycles. The van der Waals surface area contributed by atoms with Crippen molar-refractivity contribution >= 4 is 29.9 Å². The van der Waals surface area contributed by atoms with Gasteiger partial charge in [0.25, 0.3) is 0 Å². The predicted octanol–water partition coefficient (Wildman–Crippen LogP) is 4.13. The highest BCUT2D eigenvalue weighted by atomic mass is 127. The number of hydrogen-bond acceptors (Lipinski definition) is 2. The molecule has 0 aromatic heterocycles. The molecule has 0 aliphatic heterocycles. The fraction of sp³-hybridized carbons (Fsp3) is 0.650. The molecular formula is C20H37IN4. The highest BCUT2D eigenvalue weighted by molar-refractivity contribution is 14.0. The highest BCUT2D eigenvalue weighted by Gasteiger charge is 2.08. The largest absolute Gasteiger partial charge is 0.357 e. The van der Waals surface area contributed by atoms with Crippen LogP contribution in [0, 0.1) is 6.92 Å². The van der Waals surface area contributed by atoms with E-state index in [1.54, 1.807) is 0 Å². The third-order valence-electron chi connectivity index (χ3n) is 4.43. The van der Waals surface area contributed by atoms with Crippen molar-refractivity contribution in [1.29, 1.82) is 0 Å². The van der Waals surface area contributed by atoms with Gasteiger partial charge in [0.15, 0.2) is 5.96 Å². The number of nitrogens with zero attached hydrogens (tertiary/aromatic N) is 3. The van der Waals surface area contributed by atoms with E-state index >= 15 is 0 Å². The molecule has 0 fully saturated rings. The number of guanidine groups is 1. The Balaban J connectivity index is 0.00000576. The summed E-state index contributed by atoms with van der Waals surface area (Å²) in [6.45, 7) is 12.6. The molecule has 1 aromatic rings. The van der Waals surface area contributed by atoms with Crippen LogP contribution in [0.4, 0.5) is 0 Å². The molecular weight excluding hydrogens is 423 g/mol. The molecule has 0 amide bonds. The summed E-state index contributed by atoms with van der Waals surface area (Å²) in [5.74, 6) is 0.998. The van der Waals surface area contributed by atoms with E-state index < -0.39 is 0 Å². The number of nitrogens with one attached hydrogen (secondary N) is 1. The van der Waals surface area contributed by atoms with E-state index in [1.807, 2.05) is 0 Å². The van der Waals surface area contributed by atoms with Gasteiger partial charge in [0.2, 0.25) is 0 Å². The van der Waals surface area contributed by atoms with Crippen molar-refractivity contribution in [3.63, 3.8) is 0 Å². The molecule has 5 heteroatoms. The summed E-state index contributed by atoms with van der Waals surface area (Å²) in [4.78, 5) is 9.40. The van der Waals surface area contributed by atoms with Crippen molar-refractivity contribution in [2.24, 2.45) is 4.99 Å². The van der Waals surface area contributed by atoms with Crippen LogP contribution in [0.15, 0.2) is 29.3 Å². The Morgan fingerprint density at radius 3 is 2.44 bits per heavy atom. The first kappa shape index (κ1) is 24.2. The molecule has 0 heterocycles. The first-order valence-electron chi connectivity index (χ1n) is 9.19. The SMILES string of the molecule is CCNC(=NCCCCN(C)C(C)C)N(C)Cc1ccccc1C.I. The molecule has 0 spiro atoms.